The average molecular weight is 266 g/mol. The molecule has 106 valence electrons. The van der Waals surface area contributed by atoms with Crippen LogP contribution in [0.15, 0.2) is 18.2 Å². The van der Waals surface area contributed by atoms with E-state index in [0.717, 1.165) is 36.9 Å². The lowest BCUT2D eigenvalue weighted by atomic mass is 10.0. The number of benzene rings is 1. The average Bonchev–Trinajstić information content (AvgIpc) is 2.76. The molecule has 2 N–H and O–H groups in total. The molecule has 0 spiro atoms. The summed E-state index contributed by atoms with van der Waals surface area (Å²) >= 11 is 0. The maximum atomic E-state index is 13.3. The van der Waals surface area contributed by atoms with Crippen molar-refractivity contribution in [3.05, 3.63) is 29.6 Å². The maximum Gasteiger partial charge on any atom is 0.123 e. The topological polar surface area (TPSA) is 35.5 Å². The van der Waals surface area contributed by atoms with Crippen LogP contribution < -0.4 is 10.2 Å². The first kappa shape index (κ1) is 14.3. The van der Waals surface area contributed by atoms with Crippen LogP contribution in [0.3, 0.4) is 0 Å². The van der Waals surface area contributed by atoms with Crippen molar-refractivity contribution in [3.63, 3.8) is 0 Å². The Bertz CT molecular complexity index is 430. The Labute approximate surface area is 114 Å². The fraction of sp³-hybridized carbons (Fsp3) is 0.600. The van der Waals surface area contributed by atoms with Crippen LogP contribution in [0.5, 0.6) is 0 Å². The van der Waals surface area contributed by atoms with Crippen molar-refractivity contribution in [3.8, 4) is 0 Å². The molecule has 0 amide bonds. The van der Waals surface area contributed by atoms with Gasteiger partial charge in [0.15, 0.2) is 0 Å². The van der Waals surface area contributed by atoms with Gasteiger partial charge in [-0.05, 0) is 43.7 Å². The van der Waals surface area contributed by atoms with Crippen LogP contribution in [0.4, 0.5) is 10.1 Å². The lowest BCUT2D eigenvalue weighted by Crippen LogP contribution is -2.39. The van der Waals surface area contributed by atoms with Crippen molar-refractivity contribution in [1.29, 1.82) is 0 Å². The van der Waals surface area contributed by atoms with E-state index >= 15 is 0 Å². The van der Waals surface area contributed by atoms with Gasteiger partial charge in [-0.3, -0.25) is 0 Å². The summed E-state index contributed by atoms with van der Waals surface area (Å²) < 4.78 is 13.3. The minimum atomic E-state index is -0.583. The lowest BCUT2D eigenvalue weighted by Gasteiger charge is -2.31. The highest BCUT2D eigenvalue weighted by Crippen LogP contribution is 2.32. The van der Waals surface area contributed by atoms with E-state index in [9.17, 15) is 9.50 Å². The van der Waals surface area contributed by atoms with Gasteiger partial charge in [0.05, 0.1) is 5.60 Å². The zero-order valence-electron chi connectivity index (χ0n) is 11.7. The Balaban J connectivity index is 2.15. The number of hydrogen-bond acceptors (Lipinski definition) is 3. The van der Waals surface area contributed by atoms with E-state index in [1.165, 1.54) is 6.07 Å². The van der Waals surface area contributed by atoms with Crippen LogP contribution in [0.25, 0.3) is 0 Å². The molecule has 2 rings (SSSR count). The summed E-state index contributed by atoms with van der Waals surface area (Å²) in [6.07, 6.45) is 3.91. The summed E-state index contributed by atoms with van der Waals surface area (Å²) in [6, 6.07) is 4.82. The molecule has 0 aliphatic heterocycles. The Morgan fingerprint density at radius 1 is 1.37 bits per heavy atom. The molecule has 19 heavy (non-hydrogen) atoms. The van der Waals surface area contributed by atoms with Crippen LogP contribution in [-0.4, -0.2) is 31.3 Å². The first-order chi connectivity index (χ1) is 9.04. The summed E-state index contributed by atoms with van der Waals surface area (Å²) in [5, 5.41) is 13.5. The molecule has 1 aromatic carbocycles. The summed E-state index contributed by atoms with van der Waals surface area (Å²) in [4.78, 5) is 2.04. The third-order valence-corrected chi connectivity index (χ3v) is 3.89. The Kier molecular flexibility index (Phi) is 4.42. The van der Waals surface area contributed by atoms with Gasteiger partial charge in [-0.15, -0.1) is 0 Å². The van der Waals surface area contributed by atoms with Crippen molar-refractivity contribution >= 4 is 5.69 Å². The Morgan fingerprint density at radius 2 is 2.05 bits per heavy atom. The van der Waals surface area contributed by atoms with Gasteiger partial charge in [0.25, 0.3) is 0 Å². The van der Waals surface area contributed by atoms with E-state index in [4.69, 9.17) is 0 Å². The molecule has 0 bridgehead atoms. The standard InChI is InChI=1S/C15H23FN2O/c1-17-10-12-9-13(16)5-6-14(12)18(2)11-15(19)7-3-4-8-15/h5-6,9,17,19H,3-4,7-8,10-11H2,1-2H3. The van der Waals surface area contributed by atoms with Crippen molar-refractivity contribution in [2.24, 2.45) is 0 Å². The molecule has 0 atom stereocenters. The van der Waals surface area contributed by atoms with Gasteiger partial charge in [0, 0.05) is 25.8 Å². The summed E-state index contributed by atoms with van der Waals surface area (Å²) in [6.45, 7) is 1.23. The molecule has 0 saturated heterocycles. The van der Waals surface area contributed by atoms with Crippen molar-refractivity contribution < 1.29 is 9.50 Å². The third kappa shape index (κ3) is 3.45. The quantitative estimate of drug-likeness (QED) is 0.858. The lowest BCUT2D eigenvalue weighted by molar-refractivity contribution is 0.0559. The largest absolute Gasteiger partial charge is 0.388 e. The van der Waals surface area contributed by atoms with Gasteiger partial charge in [-0.2, -0.15) is 0 Å². The second kappa shape index (κ2) is 5.88. The minimum absolute atomic E-state index is 0.220. The first-order valence-corrected chi connectivity index (χ1v) is 6.91. The molecule has 1 aliphatic rings. The predicted octanol–water partition coefficient (Wildman–Crippen LogP) is 2.29. The number of halogens is 1. The SMILES string of the molecule is CNCc1cc(F)ccc1N(C)CC1(O)CCCC1. The Morgan fingerprint density at radius 3 is 2.68 bits per heavy atom. The zero-order chi connectivity index (χ0) is 13.9. The van der Waals surface area contributed by atoms with Crippen LogP contribution >= 0.6 is 0 Å². The van der Waals surface area contributed by atoms with Gasteiger partial charge < -0.3 is 15.3 Å². The van der Waals surface area contributed by atoms with Crippen molar-refractivity contribution in [2.75, 3.05) is 25.5 Å². The second-order valence-electron chi connectivity index (χ2n) is 5.59. The molecule has 0 aromatic heterocycles. The van der Waals surface area contributed by atoms with E-state index in [2.05, 4.69) is 5.32 Å². The van der Waals surface area contributed by atoms with Gasteiger partial charge in [0.2, 0.25) is 0 Å². The molecule has 1 saturated carbocycles. The number of nitrogens with one attached hydrogen (secondary N) is 1. The van der Waals surface area contributed by atoms with Crippen LogP contribution in [-0.2, 0) is 6.54 Å². The number of hydrogen-bond donors (Lipinski definition) is 2. The fourth-order valence-electron chi connectivity index (χ4n) is 2.98. The third-order valence-electron chi connectivity index (χ3n) is 3.89. The van der Waals surface area contributed by atoms with Crippen molar-refractivity contribution in [2.45, 2.75) is 37.8 Å². The number of rotatable bonds is 5. The molecular weight excluding hydrogens is 243 g/mol. The number of nitrogens with zero attached hydrogens (tertiary/aromatic N) is 1. The van der Waals surface area contributed by atoms with Crippen LogP contribution in [0, 0.1) is 5.82 Å². The number of likely N-dealkylation sites (N-methyl/N-ethyl adjacent to an activating group) is 1. The molecular formula is C15H23FN2O. The normalized spacial score (nSPS) is 17.7. The van der Waals surface area contributed by atoms with E-state index in [0.29, 0.717) is 13.1 Å². The van der Waals surface area contributed by atoms with E-state index in [-0.39, 0.29) is 5.82 Å². The second-order valence-corrected chi connectivity index (χ2v) is 5.59. The van der Waals surface area contributed by atoms with Gasteiger partial charge in [-0.1, -0.05) is 12.8 Å². The highest BCUT2D eigenvalue weighted by atomic mass is 19.1. The smallest absolute Gasteiger partial charge is 0.123 e. The van der Waals surface area contributed by atoms with Gasteiger partial charge in [0.1, 0.15) is 5.82 Å². The monoisotopic (exact) mass is 266 g/mol. The van der Waals surface area contributed by atoms with E-state index < -0.39 is 5.60 Å². The maximum absolute atomic E-state index is 13.3. The summed E-state index contributed by atoms with van der Waals surface area (Å²) in [5.41, 5.74) is 1.32. The zero-order valence-corrected chi connectivity index (χ0v) is 11.7. The van der Waals surface area contributed by atoms with Crippen LogP contribution in [0.2, 0.25) is 0 Å². The van der Waals surface area contributed by atoms with Gasteiger partial charge in [-0.25, -0.2) is 4.39 Å². The number of aliphatic hydroxyl groups is 1. The molecule has 1 fully saturated rings. The molecule has 0 heterocycles. The first-order valence-electron chi connectivity index (χ1n) is 6.91. The van der Waals surface area contributed by atoms with Gasteiger partial charge >= 0.3 is 0 Å². The highest BCUT2D eigenvalue weighted by Gasteiger charge is 2.32. The summed E-state index contributed by atoms with van der Waals surface area (Å²) in [7, 11) is 3.81. The molecule has 1 aromatic rings. The van der Waals surface area contributed by atoms with Crippen molar-refractivity contribution in [1.82, 2.24) is 5.32 Å². The molecule has 0 radical (unpaired) electrons. The molecule has 3 nitrogen and oxygen atoms in total. The molecule has 0 unspecified atom stereocenters. The highest BCUT2D eigenvalue weighted by molar-refractivity contribution is 5.53. The Hall–Kier alpha value is -1.13. The number of anilines is 1. The van der Waals surface area contributed by atoms with Crippen LogP contribution in [0.1, 0.15) is 31.2 Å². The van der Waals surface area contributed by atoms with E-state index in [1.54, 1.807) is 12.1 Å². The van der Waals surface area contributed by atoms with E-state index in [1.807, 2.05) is 19.0 Å². The predicted molar refractivity (Wildman–Crippen MR) is 75.9 cm³/mol. The summed E-state index contributed by atoms with van der Waals surface area (Å²) in [5.74, 6) is -0.220. The molecule has 4 heteroatoms. The fourth-order valence-corrected chi connectivity index (χ4v) is 2.98. The molecule has 1 aliphatic carbocycles. The minimum Gasteiger partial charge on any atom is -0.388 e.